The molecule has 0 bridgehead atoms. The maximum Gasteiger partial charge on any atom is 0.191 e. The second-order valence-electron chi connectivity index (χ2n) is 6.78. The number of aliphatic imine (C=N–C) groups is 1. The molecule has 6 heteroatoms. The van der Waals surface area contributed by atoms with Crippen LogP contribution in [0, 0.1) is 11.3 Å². The number of hydrogen-bond donors (Lipinski definition) is 3. The largest absolute Gasteiger partial charge is 0.392 e. The number of hydrogen-bond acceptors (Lipinski definition) is 3. The van der Waals surface area contributed by atoms with Gasteiger partial charge < -0.3 is 15.7 Å². The highest BCUT2D eigenvalue weighted by atomic mass is 127. The monoisotopic (exact) mass is 441 g/mol. The summed E-state index contributed by atoms with van der Waals surface area (Å²) < 4.78 is 0. The van der Waals surface area contributed by atoms with Gasteiger partial charge in [0.25, 0.3) is 0 Å². The van der Waals surface area contributed by atoms with Gasteiger partial charge in [-0.05, 0) is 43.1 Å². The van der Waals surface area contributed by atoms with E-state index in [-0.39, 0.29) is 35.5 Å². The van der Waals surface area contributed by atoms with E-state index in [2.05, 4.69) is 34.3 Å². The number of aliphatic hydroxyl groups is 1. The first-order valence-corrected chi connectivity index (χ1v) is 9.50. The summed E-state index contributed by atoms with van der Waals surface area (Å²) >= 11 is 2.07. The van der Waals surface area contributed by atoms with Gasteiger partial charge in [0.2, 0.25) is 0 Å². The molecule has 2 aliphatic rings. The minimum absolute atomic E-state index is 0. The van der Waals surface area contributed by atoms with Gasteiger partial charge in [-0.2, -0.15) is 11.8 Å². The molecule has 2 rings (SSSR count). The molecule has 4 nitrogen and oxygen atoms in total. The Morgan fingerprint density at radius 3 is 2.59 bits per heavy atom. The Labute approximate surface area is 156 Å². The highest BCUT2D eigenvalue weighted by Crippen LogP contribution is 2.35. The van der Waals surface area contributed by atoms with Crippen LogP contribution in [0.5, 0.6) is 0 Å². The second kappa shape index (κ2) is 10.2. The molecule has 3 N–H and O–H groups in total. The zero-order valence-corrected chi connectivity index (χ0v) is 17.1. The second-order valence-corrected chi connectivity index (χ2v) is 8.00. The van der Waals surface area contributed by atoms with Crippen molar-refractivity contribution in [1.29, 1.82) is 0 Å². The first-order valence-electron chi connectivity index (χ1n) is 8.34. The molecule has 1 saturated heterocycles. The van der Waals surface area contributed by atoms with E-state index in [0.717, 1.165) is 44.2 Å². The predicted molar refractivity (Wildman–Crippen MR) is 107 cm³/mol. The maximum atomic E-state index is 10.2. The summed E-state index contributed by atoms with van der Waals surface area (Å²) in [5, 5.41) is 17.1. The van der Waals surface area contributed by atoms with Crippen molar-refractivity contribution in [3.05, 3.63) is 0 Å². The van der Waals surface area contributed by atoms with Crippen LogP contribution in [0.15, 0.2) is 4.99 Å². The van der Waals surface area contributed by atoms with Crippen LogP contribution in [0.1, 0.15) is 45.4 Å². The number of rotatable bonds is 4. The number of aliphatic hydroxyl groups excluding tert-OH is 1. The van der Waals surface area contributed by atoms with E-state index < -0.39 is 0 Å². The van der Waals surface area contributed by atoms with Crippen LogP contribution in [0.25, 0.3) is 0 Å². The molecule has 2 fully saturated rings. The maximum absolute atomic E-state index is 10.2. The molecule has 0 aromatic heterocycles. The summed E-state index contributed by atoms with van der Waals surface area (Å²) in [7, 11) is 1.83. The van der Waals surface area contributed by atoms with Gasteiger partial charge in [-0.25, -0.2) is 0 Å². The predicted octanol–water partition coefficient (Wildman–Crippen LogP) is 2.85. The summed E-state index contributed by atoms with van der Waals surface area (Å²) in [5.41, 5.74) is -0.0165. The number of nitrogens with one attached hydrogen (secondary N) is 2. The molecule has 2 atom stereocenters. The lowest BCUT2D eigenvalue weighted by atomic mass is 9.73. The lowest BCUT2D eigenvalue weighted by Gasteiger charge is -2.39. The summed E-state index contributed by atoms with van der Waals surface area (Å²) in [6, 6.07) is 0. The summed E-state index contributed by atoms with van der Waals surface area (Å²) in [4.78, 5) is 4.32. The van der Waals surface area contributed by atoms with E-state index in [4.69, 9.17) is 0 Å². The first kappa shape index (κ1) is 20.4. The van der Waals surface area contributed by atoms with E-state index in [1.165, 1.54) is 30.8 Å². The average molecular weight is 441 g/mol. The van der Waals surface area contributed by atoms with Gasteiger partial charge in [0.1, 0.15) is 0 Å². The summed E-state index contributed by atoms with van der Waals surface area (Å²) in [6.45, 7) is 4.00. The fourth-order valence-electron chi connectivity index (χ4n) is 3.29. The van der Waals surface area contributed by atoms with Crippen molar-refractivity contribution in [3.8, 4) is 0 Å². The van der Waals surface area contributed by atoms with Gasteiger partial charge in [0.15, 0.2) is 5.96 Å². The van der Waals surface area contributed by atoms with Crippen molar-refractivity contribution in [2.24, 2.45) is 16.3 Å². The van der Waals surface area contributed by atoms with Crippen molar-refractivity contribution in [2.75, 3.05) is 31.6 Å². The van der Waals surface area contributed by atoms with E-state index in [1.807, 2.05) is 7.05 Å². The fraction of sp³-hybridized carbons (Fsp3) is 0.938. The molecule has 22 heavy (non-hydrogen) atoms. The third kappa shape index (κ3) is 6.07. The van der Waals surface area contributed by atoms with Crippen LogP contribution in [0.3, 0.4) is 0 Å². The molecule has 2 unspecified atom stereocenters. The number of guanidine groups is 1. The Balaban J connectivity index is 0.00000242. The molecule has 0 spiro atoms. The minimum Gasteiger partial charge on any atom is -0.392 e. The van der Waals surface area contributed by atoms with Gasteiger partial charge >= 0.3 is 0 Å². The van der Waals surface area contributed by atoms with Crippen molar-refractivity contribution in [2.45, 2.75) is 51.6 Å². The topological polar surface area (TPSA) is 56.7 Å². The Hall–Kier alpha value is 0.310. The molecule has 0 radical (unpaired) electrons. The Morgan fingerprint density at radius 1 is 1.23 bits per heavy atom. The van der Waals surface area contributed by atoms with Crippen LogP contribution >= 0.6 is 35.7 Å². The molecular weight excluding hydrogens is 409 g/mol. The van der Waals surface area contributed by atoms with Gasteiger partial charge in [-0.3, -0.25) is 4.99 Å². The van der Waals surface area contributed by atoms with E-state index in [1.54, 1.807) is 0 Å². The normalized spacial score (nSPS) is 30.5. The Kier molecular flexibility index (Phi) is 9.47. The highest BCUT2D eigenvalue weighted by molar-refractivity contribution is 14.0. The first-order chi connectivity index (χ1) is 10.1. The minimum atomic E-state index is -0.188. The van der Waals surface area contributed by atoms with Crippen LogP contribution in [-0.4, -0.2) is 48.8 Å². The van der Waals surface area contributed by atoms with Crippen molar-refractivity contribution in [3.63, 3.8) is 0 Å². The van der Waals surface area contributed by atoms with Gasteiger partial charge in [-0.1, -0.05) is 19.8 Å². The van der Waals surface area contributed by atoms with Crippen LogP contribution in [-0.2, 0) is 0 Å². The molecular formula is C16H32IN3OS. The van der Waals surface area contributed by atoms with Gasteiger partial charge in [-0.15, -0.1) is 24.0 Å². The molecule has 1 aliphatic carbocycles. The zero-order chi connectivity index (χ0) is 15.1. The summed E-state index contributed by atoms with van der Waals surface area (Å²) in [6.07, 6.45) is 6.84. The third-order valence-electron chi connectivity index (χ3n) is 5.06. The number of nitrogens with zero attached hydrogens (tertiary/aromatic N) is 1. The van der Waals surface area contributed by atoms with Crippen molar-refractivity contribution in [1.82, 2.24) is 10.6 Å². The van der Waals surface area contributed by atoms with Crippen LogP contribution < -0.4 is 10.6 Å². The molecule has 1 saturated carbocycles. The molecule has 1 aliphatic heterocycles. The lowest BCUT2D eigenvalue weighted by molar-refractivity contribution is 0.00397. The standard InChI is InChI=1S/C16H31N3OS.HI/c1-16(8-4-3-5-14(16)20)12-19-15(17-2)18-11-13-6-9-21-10-7-13;/h13-14,20H,3-12H2,1-2H3,(H2,17,18,19);1H. The quantitative estimate of drug-likeness (QED) is 0.357. The molecule has 1 heterocycles. The summed E-state index contributed by atoms with van der Waals surface area (Å²) in [5.74, 6) is 4.25. The zero-order valence-electron chi connectivity index (χ0n) is 13.9. The Bertz CT molecular complexity index is 350. The van der Waals surface area contributed by atoms with Gasteiger partial charge in [0, 0.05) is 25.6 Å². The molecule has 0 aromatic carbocycles. The van der Waals surface area contributed by atoms with Crippen molar-refractivity contribution >= 4 is 41.7 Å². The smallest absolute Gasteiger partial charge is 0.191 e. The highest BCUT2D eigenvalue weighted by Gasteiger charge is 2.35. The SMILES string of the molecule is CN=C(NCC1CCSCC1)NCC1(C)CCCCC1O.I. The van der Waals surface area contributed by atoms with E-state index in [0.29, 0.717) is 0 Å². The molecule has 130 valence electrons. The lowest BCUT2D eigenvalue weighted by Crippen LogP contribution is -2.49. The third-order valence-corrected chi connectivity index (χ3v) is 6.11. The fourth-order valence-corrected chi connectivity index (χ4v) is 4.49. The molecule has 0 aromatic rings. The van der Waals surface area contributed by atoms with Crippen molar-refractivity contribution < 1.29 is 5.11 Å². The van der Waals surface area contributed by atoms with Crippen LogP contribution in [0.4, 0.5) is 0 Å². The van der Waals surface area contributed by atoms with E-state index >= 15 is 0 Å². The number of halogens is 1. The number of thioether (sulfide) groups is 1. The van der Waals surface area contributed by atoms with Gasteiger partial charge in [0.05, 0.1) is 6.10 Å². The average Bonchev–Trinajstić information content (AvgIpc) is 2.52. The van der Waals surface area contributed by atoms with Crippen LogP contribution in [0.2, 0.25) is 0 Å². The van der Waals surface area contributed by atoms with E-state index in [9.17, 15) is 5.11 Å². The Morgan fingerprint density at radius 2 is 1.95 bits per heavy atom. The molecule has 0 amide bonds.